The summed E-state index contributed by atoms with van der Waals surface area (Å²) >= 11 is 5.51. The zero-order valence-corrected chi connectivity index (χ0v) is 6.25. The van der Waals surface area contributed by atoms with E-state index in [0.29, 0.717) is 0 Å². The summed E-state index contributed by atoms with van der Waals surface area (Å²) in [5, 5.41) is 3.21. The fourth-order valence-electron chi connectivity index (χ4n) is 0.581. The van der Waals surface area contributed by atoms with Crippen molar-refractivity contribution < 1.29 is 4.79 Å². The second kappa shape index (κ2) is 2.84. The van der Waals surface area contributed by atoms with Crippen LogP contribution in [0.3, 0.4) is 0 Å². The van der Waals surface area contributed by atoms with Crippen LogP contribution >= 0.6 is 11.6 Å². The minimum atomic E-state index is -0.514. The van der Waals surface area contributed by atoms with Crippen LogP contribution in [0.4, 0.5) is 0 Å². The molecular weight excluding hydrogens is 152 g/mol. The van der Waals surface area contributed by atoms with Gasteiger partial charge in [-0.3, -0.25) is 4.79 Å². The molecule has 0 radical (unpaired) electrons. The first-order valence-electron chi connectivity index (χ1n) is 2.90. The van der Waals surface area contributed by atoms with Crippen LogP contribution < -0.4 is 0 Å². The van der Waals surface area contributed by atoms with Gasteiger partial charge in [0, 0.05) is 12.4 Å². The molecule has 0 bridgehead atoms. The number of nitrogens with zero attached hydrogens (tertiary/aromatic N) is 2. The van der Waals surface area contributed by atoms with E-state index in [4.69, 9.17) is 11.6 Å². The van der Waals surface area contributed by atoms with Gasteiger partial charge in [-0.15, -0.1) is 11.6 Å². The summed E-state index contributed by atoms with van der Waals surface area (Å²) in [5.74, 6) is -0.202. The van der Waals surface area contributed by atoms with E-state index < -0.39 is 5.38 Å². The quantitative estimate of drug-likeness (QED) is 0.575. The van der Waals surface area contributed by atoms with Gasteiger partial charge < -0.3 is 0 Å². The molecule has 1 unspecified atom stereocenters. The van der Waals surface area contributed by atoms with Crippen molar-refractivity contribution in [1.29, 1.82) is 0 Å². The monoisotopic (exact) mass is 158 g/mol. The Bertz CT molecular complexity index is 218. The van der Waals surface area contributed by atoms with Gasteiger partial charge in [-0.05, 0) is 13.0 Å². The van der Waals surface area contributed by atoms with E-state index in [-0.39, 0.29) is 5.91 Å². The first-order valence-corrected chi connectivity index (χ1v) is 3.33. The van der Waals surface area contributed by atoms with Gasteiger partial charge in [-0.1, -0.05) is 0 Å². The lowest BCUT2D eigenvalue weighted by molar-refractivity contribution is 0.0897. The maximum atomic E-state index is 11.0. The number of carbonyl (C=O) groups excluding carboxylic acids is 1. The smallest absolute Gasteiger partial charge is 0.264 e. The number of halogens is 1. The fraction of sp³-hybridized carbons (Fsp3) is 0.333. The van der Waals surface area contributed by atoms with E-state index in [9.17, 15) is 4.79 Å². The van der Waals surface area contributed by atoms with Crippen LogP contribution in [0, 0.1) is 0 Å². The van der Waals surface area contributed by atoms with Crippen molar-refractivity contribution in [3.8, 4) is 0 Å². The SMILES string of the molecule is CC(Cl)C(=O)n1cccn1. The molecule has 0 fully saturated rings. The zero-order valence-electron chi connectivity index (χ0n) is 5.49. The molecule has 1 atom stereocenters. The van der Waals surface area contributed by atoms with Crippen LogP contribution in [0.2, 0.25) is 0 Å². The van der Waals surface area contributed by atoms with Crippen molar-refractivity contribution in [2.45, 2.75) is 12.3 Å². The maximum Gasteiger partial charge on any atom is 0.264 e. The third-order valence-electron chi connectivity index (χ3n) is 1.07. The molecule has 3 nitrogen and oxygen atoms in total. The Labute approximate surface area is 63.6 Å². The van der Waals surface area contributed by atoms with Crippen LogP contribution in [-0.4, -0.2) is 21.1 Å². The predicted octanol–water partition coefficient (Wildman–Crippen LogP) is 1.15. The van der Waals surface area contributed by atoms with E-state index in [2.05, 4.69) is 5.10 Å². The molecule has 1 aromatic rings. The molecule has 0 aliphatic heterocycles. The minimum absolute atomic E-state index is 0.202. The Hall–Kier alpha value is -0.830. The summed E-state index contributed by atoms with van der Waals surface area (Å²) in [7, 11) is 0. The fourth-order valence-corrected chi connectivity index (χ4v) is 0.681. The number of hydrogen-bond acceptors (Lipinski definition) is 2. The van der Waals surface area contributed by atoms with Crippen molar-refractivity contribution >= 4 is 17.5 Å². The Morgan fingerprint density at radius 2 is 2.50 bits per heavy atom. The lowest BCUT2D eigenvalue weighted by atomic mass is 10.4. The molecule has 1 aromatic heterocycles. The molecule has 0 N–H and O–H groups in total. The first-order chi connectivity index (χ1) is 4.72. The molecule has 0 saturated carbocycles. The van der Waals surface area contributed by atoms with Crippen molar-refractivity contribution in [3.63, 3.8) is 0 Å². The Kier molecular flexibility index (Phi) is 2.06. The van der Waals surface area contributed by atoms with Crippen molar-refractivity contribution in [2.75, 3.05) is 0 Å². The van der Waals surface area contributed by atoms with Gasteiger partial charge >= 0.3 is 0 Å². The summed E-state index contributed by atoms with van der Waals surface area (Å²) < 4.78 is 1.22. The average molecular weight is 159 g/mol. The summed E-state index contributed by atoms with van der Waals surface area (Å²) in [5.41, 5.74) is 0. The van der Waals surface area contributed by atoms with Crippen LogP contribution in [0.15, 0.2) is 18.5 Å². The van der Waals surface area contributed by atoms with Crippen LogP contribution in [-0.2, 0) is 0 Å². The number of alkyl halides is 1. The number of hydrogen-bond donors (Lipinski definition) is 0. The Morgan fingerprint density at radius 1 is 1.80 bits per heavy atom. The van der Waals surface area contributed by atoms with Gasteiger partial charge in [0.15, 0.2) is 0 Å². The molecule has 10 heavy (non-hydrogen) atoms. The van der Waals surface area contributed by atoms with Crippen molar-refractivity contribution in [1.82, 2.24) is 9.78 Å². The molecule has 0 saturated heterocycles. The lowest BCUT2D eigenvalue weighted by Crippen LogP contribution is -2.19. The topological polar surface area (TPSA) is 34.9 Å². The Balaban J connectivity index is 2.78. The summed E-state index contributed by atoms with van der Waals surface area (Å²) in [6, 6.07) is 1.68. The molecule has 0 spiro atoms. The van der Waals surface area contributed by atoms with E-state index in [1.807, 2.05) is 0 Å². The molecular formula is C6H7ClN2O. The average Bonchev–Trinajstić information content (AvgIpc) is 2.36. The van der Waals surface area contributed by atoms with Gasteiger partial charge in [0.25, 0.3) is 5.91 Å². The van der Waals surface area contributed by atoms with Crippen LogP contribution in [0.1, 0.15) is 11.7 Å². The second-order valence-electron chi connectivity index (χ2n) is 1.90. The first kappa shape index (κ1) is 7.28. The van der Waals surface area contributed by atoms with Gasteiger partial charge in [0.05, 0.1) is 0 Å². The molecule has 1 rings (SSSR count). The van der Waals surface area contributed by atoms with Gasteiger partial charge in [-0.2, -0.15) is 5.10 Å². The predicted molar refractivity (Wildman–Crippen MR) is 38.2 cm³/mol. The molecule has 0 amide bonds. The number of rotatable bonds is 1. The van der Waals surface area contributed by atoms with E-state index in [0.717, 1.165) is 0 Å². The summed E-state index contributed by atoms with van der Waals surface area (Å²) in [6.45, 7) is 1.62. The minimum Gasteiger partial charge on any atom is -0.271 e. The molecule has 1 heterocycles. The van der Waals surface area contributed by atoms with Gasteiger partial charge in [-0.25, -0.2) is 4.68 Å². The van der Waals surface area contributed by atoms with Gasteiger partial charge in [0.2, 0.25) is 0 Å². The van der Waals surface area contributed by atoms with E-state index in [1.165, 1.54) is 10.9 Å². The van der Waals surface area contributed by atoms with Crippen molar-refractivity contribution in [2.24, 2.45) is 0 Å². The Morgan fingerprint density at radius 3 is 2.90 bits per heavy atom. The molecule has 0 aliphatic carbocycles. The molecule has 54 valence electrons. The number of carbonyl (C=O) groups is 1. The lowest BCUT2D eigenvalue weighted by Gasteiger charge is -1.99. The van der Waals surface area contributed by atoms with Gasteiger partial charge in [0.1, 0.15) is 5.38 Å². The highest BCUT2D eigenvalue weighted by molar-refractivity contribution is 6.30. The third kappa shape index (κ3) is 1.36. The molecule has 0 aliphatic rings. The summed E-state index contributed by atoms with van der Waals surface area (Å²) in [4.78, 5) is 11.0. The standard InChI is InChI=1S/C6H7ClN2O/c1-5(7)6(10)9-4-2-3-8-9/h2-5H,1H3. The normalized spacial score (nSPS) is 13.0. The maximum absolute atomic E-state index is 11.0. The van der Waals surface area contributed by atoms with Crippen LogP contribution in [0.25, 0.3) is 0 Å². The van der Waals surface area contributed by atoms with E-state index in [1.54, 1.807) is 19.2 Å². The molecule has 4 heteroatoms. The summed E-state index contributed by atoms with van der Waals surface area (Å²) in [6.07, 6.45) is 3.11. The van der Waals surface area contributed by atoms with Crippen LogP contribution in [0.5, 0.6) is 0 Å². The van der Waals surface area contributed by atoms with E-state index >= 15 is 0 Å². The van der Waals surface area contributed by atoms with Crippen molar-refractivity contribution in [3.05, 3.63) is 18.5 Å². The highest BCUT2D eigenvalue weighted by Gasteiger charge is 2.10. The number of aromatic nitrogens is 2. The molecule has 0 aromatic carbocycles. The highest BCUT2D eigenvalue weighted by Crippen LogP contribution is 1.97. The largest absolute Gasteiger partial charge is 0.271 e. The zero-order chi connectivity index (χ0) is 7.56. The highest BCUT2D eigenvalue weighted by atomic mass is 35.5. The third-order valence-corrected chi connectivity index (χ3v) is 1.26. The second-order valence-corrected chi connectivity index (χ2v) is 2.56.